The smallest absolute Gasteiger partial charge is 0.550 e. The maximum absolute atomic E-state index is 10.0. The third kappa shape index (κ3) is 56.9. The average Bonchev–Trinajstić information content (AvgIpc) is 2.83. The summed E-state index contributed by atoms with van der Waals surface area (Å²) in [4.78, 5) is 30.1. The number of aliphatic carboxylic acids is 3. The van der Waals surface area contributed by atoms with E-state index in [9.17, 15) is 29.7 Å². The van der Waals surface area contributed by atoms with Gasteiger partial charge < -0.3 is 29.7 Å². The second-order valence-electron chi connectivity index (χ2n) is 9.73. The number of carbonyl (C=O) groups is 3. The molecule has 0 unspecified atom stereocenters. The van der Waals surface area contributed by atoms with Gasteiger partial charge in [-0.2, -0.15) is 0 Å². The largest absolute Gasteiger partial charge is 3.00 e. The average molecular weight is 658 g/mol. The quantitative estimate of drug-likeness (QED) is 0.124. The zero-order valence-electron chi connectivity index (χ0n) is 24.4. The van der Waals surface area contributed by atoms with E-state index in [1.807, 2.05) is 0 Å². The van der Waals surface area contributed by atoms with Crippen LogP contribution in [0.15, 0.2) is 0 Å². The van der Waals surface area contributed by atoms with Crippen molar-refractivity contribution in [3.8, 4) is 0 Å². The Morgan fingerprint density at radius 1 is 0.351 bits per heavy atom. The molecule has 0 N–H and O–H groups in total. The Balaban J connectivity index is -0.000000218. The number of carboxylic acid groups (broad SMARTS) is 3. The van der Waals surface area contributed by atoms with E-state index in [4.69, 9.17) is 0 Å². The first kappa shape index (κ1) is 43.8. The summed E-state index contributed by atoms with van der Waals surface area (Å²) in [5, 5.41) is 30.1. The maximum Gasteiger partial charge on any atom is 3.00 e. The molecule has 0 aromatic rings. The van der Waals surface area contributed by atoms with Crippen molar-refractivity contribution in [3.63, 3.8) is 0 Å². The molecule has 0 saturated heterocycles. The molecule has 37 heavy (non-hydrogen) atoms. The Bertz CT molecular complexity index is 404. The first-order valence-corrected chi connectivity index (χ1v) is 14.9. The van der Waals surface area contributed by atoms with Crippen LogP contribution in [0.2, 0.25) is 0 Å². The third-order valence-electron chi connectivity index (χ3n) is 5.95. The summed E-state index contributed by atoms with van der Waals surface area (Å²) in [5.41, 5.74) is 0. The Labute approximate surface area is 261 Å². The minimum Gasteiger partial charge on any atom is -0.550 e. The van der Waals surface area contributed by atoms with Gasteiger partial charge in [-0.25, -0.2) is 0 Å². The van der Waals surface area contributed by atoms with E-state index >= 15 is 0 Å². The molecule has 0 amide bonds. The summed E-state index contributed by atoms with van der Waals surface area (Å²) in [5.74, 6) is -2.74. The van der Waals surface area contributed by atoms with E-state index in [2.05, 4.69) is 20.8 Å². The van der Waals surface area contributed by atoms with Crippen LogP contribution in [0.3, 0.4) is 0 Å². The van der Waals surface area contributed by atoms with Gasteiger partial charge in [0.1, 0.15) is 0 Å². The van der Waals surface area contributed by atoms with Crippen molar-refractivity contribution >= 4 is 17.9 Å². The van der Waals surface area contributed by atoms with Crippen molar-refractivity contribution in [2.75, 3.05) is 0 Å². The summed E-state index contributed by atoms with van der Waals surface area (Å²) >= 11 is 0. The molecule has 0 rings (SSSR count). The van der Waals surface area contributed by atoms with Gasteiger partial charge in [-0.05, 0) is 38.5 Å². The van der Waals surface area contributed by atoms with Crippen LogP contribution in [-0.4, -0.2) is 17.9 Å². The van der Waals surface area contributed by atoms with Gasteiger partial charge in [0.15, 0.2) is 0 Å². The fourth-order valence-corrected chi connectivity index (χ4v) is 3.68. The fraction of sp³-hybridized carbons (Fsp3) is 0.900. The van der Waals surface area contributed by atoms with Crippen LogP contribution in [-0.2, 0) is 14.4 Å². The molecular weight excluding hydrogens is 601 g/mol. The summed E-state index contributed by atoms with van der Waals surface area (Å²) in [6.45, 7) is 6.57. The molecular formula is C30H57NdO6. The van der Waals surface area contributed by atoms with Crippen LogP contribution in [0.5, 0.6) is 0 Å². The summed E-state index contributed by atoms with van der Waals surface area (Å²) < 4.78 is 0. The van der Waals surface area contributed by atoms with Gasteiger partial charge in [0.05, 0.1) is 0 Å². The van der Waals surface area contributed by atoms with Crippen molar-refractivity contribution in [1.82, 2.24) is 0 Å². The van der Waals surface area contributed by atoms with E-state index < -0.39 is 17.9 Å². The molecule has 0 fully saturated rings. The van der Waals surface area contributed by atoms with Gasteiger partial charge in [0, 0.05) is 17.9 Å². The molecule has 0 heterocycles. The van der Waals surface area contributed by atoms with Crippen LogP contribution in [0.1, 0.15) is 175 Å². The molecule has 0 aliphatic rings. The number of hydrogen-bond donors (Lipinski definition) is 0. The summed E-state index contributed by atoms with van der Waals surface area (Å²) in [7, 11) is 0. The normalized spacial score (nSPS) is 9.81. The first-order valence-electron chi connectivity index (χ1n) is 14.9. The van der Waals surface area contributed by atoms with Crippen LogP contribution >= 0.6 is 0 Å². The van der Waals surface area contributed by atoms with E-state index in [1.165, 1.54) is 96.3 Å². The zero-order chi connectivity index (χ0) is 27.7. The minimum absolute atomic E-state index is 0. The summed E-state index contributed by atoms with van der Waals surface area (Å²) in [6.07, 6.45) is 25.0. The topological polar surface area (TPSA) is 120 Å². The molecule has 0 aliphatic carbocycles. The van der Waals surface area contributed by atoms with Gasteiger partial charge in [-0.1, -0.05) is 136 Å². The van der Waals surface area contributed by atoms with Gasteiger partial charge in [0.2, 0.25) is 0 Å². The van der Waals surface area contributed by atoms with Gasteiger partial charge in [0.25, 0.3) is 0 Å². The molecule has 6 nitrogen and oxygen atoms in total. The zero-order valence-corrected chi connectivity index (χ0v) is 27.6. The second-order valence-corrected chi connectivity index (χ2v) is 9.73. The predicted octanol–water partition coefficient (Wildman–Crippen LogP) is 5.63. The summed E-state index contributed by atoms with van der Waals surface area (Å²) in [6, 6.07) is 0. The molecule has 0 spiro atoms. The van der Waals surface area contributed by atoms with Crippen molar-refractivity contribution in [3.05, 3.63) is 0 Å². The fourth-order valence-electron chi connectivity index (χ4n) is 3.68. The number of carboxylic acids is 3. The third-order valence-corrected chi connectivity index (χ3v) is 5.95. The SMILES string of the molecule is CCCCCCCCCC(=O)[O-].CCCCCCCCCC(=O)[O-].CCCCCCCCCC(=O)[O-].[Nd+3]. The minimum atomic E-state index is -0.913. The second kappa shape index (κ2) is 40.3. The van der Waals surface area contributed by atoms with Crippen molar-refractivity contribution in [2.45, 2.75) is 175 Å². The van der Waals surface area contributed by atoms with E-state index in [-0.39, 0.29) is 60.1 Å². The van der Waals surface area contributed by atoms with E-state index in [0.29, 0.717) is 0 Å². The van der Waals surface area contributed by atoms with Crippen LogP contribution in [0.25, 0.3) is 0 Å². The van der Waals surface area contributed by atoms with Crippen molar-refractivity contribution < 1.29 is 70.5 Å². The number of unbranched alkanes of at least 4 members (excludes halogenated alkanes) is 18. The predicted molar refractivity (Wildman–Crippen MR) is 143 cm³/mol. The molecule has 1 radical (unpaired) electrons. The number of hydrogen-bond acceptors (Lipinski definition) is 6. The molecule has 0 atom stereocenters. The maximum atomic E-state index is 10.0. The van der Waals surface area contributed by atoms with Crippen LogP contribution in [0, 0.1) is 40.8 Å². The Kier molecular flexibility index (Phi) is 47.7. The van der Waals surface area contributed by atoms with Crippen LogP contribution in [0.4, 0.5) is 0 Å². The monoisotopic (exact) mass is 655 g/mol. The van der Waals surface area contributed by atoms with Crippen LogP contribution < -0.4 is 15.3 Å². The Hall–Kier alpha value is -0.239. The molecule has 0 saturated carbocycles. The Morgan fingerprint density at radius 3 is 0.676 bits per heavy atom. The van der Waals surface area contributed by atoms with E-state index in [0.717, 1.165) is 38.5 Å². The van der Waals surface area contributed by atoms with Crippen molar-refractivity contribution in [1.29, 1.82) is 0 Å². The Morgan fingerprint density at radius 2 is 0.514 bits per heavy atom. The molecule has 0 aromatic carbocycles. The van der Waals surface area contributed by atoms with E-state index in [1.54, 1.807) is 0 Å². The first-order chi connectivity index (χ1) is 17.3. The molecule has 217 valence electrons. The van der Waals surface area contributed by atoms with Gasteiger partial charge in [-0.15, -0.1) is 0 Å². The number of rotatable bonds is 24. The molecule has 0 aliphatic heterocycles. The molecule has 7 heteroatoms. The van der Waals surface area contributed by atoms with Gasteiger partial charge >= 0.3 is 40.8 Å². The number of carbonyl (C=O) groups excluding carboxylic acids is 3. The van der Waals surface area contributed by atoms with Crippen molar-refractivity contribution in [2.24, 2.45) is 0 Å². The van der Waals surface area contributed by atoms with Gasteiger partial charge in [-0.3, -0.25) is 0 Å². The standard InChI is InChI=1S/3C10H20O2.Nd/c3*1-2-3-4-5-6-7-8-9-10(11)12;/h3*2-9H2,1H3,(H,11,12);/q;;;+3/p-3. The molecule has 0 aromatic heterocycles. The molecule has 0 bridgehead atoms.